The van der Waals surface area contributed by atoms with Gasteiger partial charge < -0.3 is 4.57 Å². The van der Waals surface area contributed by atoms with Crippen LogP contribution in [-0.2, 0) is 11.3 Å². The summed E-state index contributed by atoms with van der Waals surface area (Å²) in [6, 6.07) is 22.1. The highest BCUT2D eigenvalue weighted by Crippen LogP contribution is 2.28. The van der Waals surface area contributed by atoms with Crippen LogP contribution in [0.4, 0.5) is 0 Å². The van der Waals surface area contributed by atoms with E-state index in [1.807, 2.05) is 42.5 Å². The van der Waals surface area contributed by atoms with Gasteiger partial charge in [0, 0.05) is 41.0 Å². The molecular formula is C21H18N4O. The Morgan fingerprint density at radius 1 is 0.962 bits per heavy atom. The summed E-state index contributed by atoms with van der Waals surface area (Å²) >= 11 is 0. The molecular weight excluding hydrogens is 324 g/mol. The lowest BCUT2D eigenvalue weighted by Crippen LogP contribution is -2.19. The van der Waals surface area contributed by atoms with E-state index in [0.717, 1.165) is 11.0 Å². The molecule has 0 atom stereocenters. The summed E-state index contributed by atoms with van der Waals surface area (Å²) in [5, 5.41) is 6.38. The molecule has 0 saturated carbocycles. The summed E-state index contributed by atoms with van der Waals surface area (Å²) in [6.45, 7) is 0.596. The summed E-state index contributed by atoms with van der Waals surface area (Å²) in [5.74, 6) is -0.126. The largest absolute Gasteiger partial charge is 0.340 e. The molecule has 0 saturated heterocycles. The third-order valence-electron chi connectivity index (χ3n) is 4.32. The van der Waals surface area contributed by atoms with Gasteiger partial charge in [-0.2, -0.15) is 5.10 Å². The summed E-state index contributed by atoms with van der Waals surface area (Å²) in [6.07, 6.45) is 3.58. The van der Waals surface area contributed by atoms with Gasteiger partial charge in [0.15, 0.2) is 0 Å². The number of amides is 1. The predicted octanol–water partition coefficient (Wildman–Crippen LogP) is 3.73. The molecule has 0 fully saturated rings. The number of rotatable bonds is 5. The summed E-state index contributed by atoms with van der Waals surface area (Å²) in [7, 11) is 0. The second kappa shape index (κ2) is 7.19. The van der Waals surface area contributed by atoms with Crippen molar-refractivity contribution in [2.45, 2.75) is 13.0 Å². The molecule has 0 bridgehead atoms. The Morgan fingerprint density at radius 3 is 2.27 bits per heavy atom. The van der Waals surface area contributed by atoms with Gasteiger partial charge in [-0.1, -0.05) is 42.5 Å². The monoisotopic (exact) mass is 342 g/mol. The molecule has 5 nitrogen and oxygen atoms in total. The van der Waals surface area contributed by atoms with Gasteiger partial charge in [-0.15, -0.1) is 0 Å². The molecule has 5 heteroatoms. The molecule has 2 aromatic carbocycles. The van der Waals surface area contributed by atoms with Crippen LogP contribution in [0.1, 0.15) is 12.1 Å². The molecule has 0 unspecified atom stereocenters. The minimum absolute atomic E-state index is 0.126. The van der Waals surface area contributed by atoms with Crippen LogP contribution in [0, 0.1) is 0 Å². The van der Waals surface area contributed by atoms with Gasteiger partial charge in [0.2, 0.25) is 5.91 Å². The maximum Gasteiger partial charge on any atom is 0.241 e. The highest BCUT2D eigenvalue weighted by Gasteiger charge is 2.10. The summed E-state index contributed by atoms with van der Waals surface area (Å²) in [4.78, 5) is 16.3. The molecule has 128 valence electrons. The van der Waals surface area contributed by atoms with Crippen molar-refractivity contribution in [2.75, 3.05) is 0 Å². The summed E-state index contributed by atoms with van der Waals surface area (Å²) < 4.78 is 2.19. The Balaban J connectivity index is 1.49. The van der Waals surface area contributed by atoms with E-state index < -0.39 is 0 Å². The molecule has 0 aliphatic rings. The van der Waals surface area contributed by atoms with E-state index in [4.69, 9.17) is 0 Å². The molecule has 0 aliphatic heterocycles. The lowest BCUT2D eigenvalue weighted by atomic mass is 10.2. The Bertz CT molecular complexity index is 1030. The molecule has 1 amide bonds. The molecule has 4 aromatic rings. The van der Waals surface area contributed by atoms with Crippen LogP contribution in [0.25, 0.3) is 21.8 Å². The second-order valence-corrected chi connectivity index (χ2v) is 5.98. The Kier molecular flexibility index (Phi) is 4.43. The van der Waals surface area contributed by atoms with Crippen LogP contribution in [0.3, 0.4) is 0 Å². The van der Waals surface area contributed by atoms with Crippen molar-refractivity contribution in [3.05, 3.63) is 78.6 Å². The van der Waals surface area contributed by atoms with Crippen LogP contribution in [-0.4, -0.2) is 21.7 Å². The average molecular weight is 342 g/mol. The van der Waals surface area contributed by atoms with E-state index in [1.165, 1.54) is 10.8 Å². The number of fused-ring (bicyclic) bond motifs is 3. The highest BCUT2D eigenvalue weighted by atomic mass is 16.2. The average Bonchev–Trinajstić information content (AvgIpc) is 3.01. The predicted molar refractivity (Wildman–Crippen MR) is 104 cm³/mol. The third kappa shape index (κ3) is 3.19. The first-order valence-corrected chi connectivity index (χ1v) is 8.52. The maximum atomic E-state index is 12.1. The number of aryl methyl sites for hydroxylation is 1. The van der Waals surface area contributed by atoms with Gasteiger partial charge in [-0.05, 0) is 24.3 Å². The van der Waals surface area contributed by atoms with Crippen LogP contribution in [0.2, 0.25) is 0 Å². The lowest BCUT2D eigenvalue weighted by molar-refractivity contribution is -0.121. The zero-order valence-electron chi connectivity index (χ0n) is 14.2. The molecule has 0 aliphatic carbocycles. The fraction of sp³-hybridized carbons (Fsp3) is 0.0952. The van der Waals surface area contributed by atoms with E-state index in [0.29, 0.717) is 18.7 Å². The van der Waals surface area contributed by atoms with Crippen LogP contribution < -0.4 is 5.43 Å². The van der Waals surface area contributed by atoms with Gasteiger partial charge >= 0.3 is 0 Å². The minimum atomic E-state index is -0.126. The number of carbonyl (C=O) groups excluding carboxylic acids is 1. The standard InChI is InChI=1S/C21H18N4O/c26-21(24-23-15-16-7-5-6-13-22-16)12-14-25-19-10-3-1-8-17(19)18-9-2-4-11-20(18)25/h1-11,13,15H,12,14H2,(H,24,26)/b23-15-. The Morgan fingerprint density at radius 2 is 1.62 bits per heavy atom. The zero-order chi connectivity index (χ0) is 17.8. The van der Waals surface area contributed by atoms with Crippen molar-refractivity contribution in [1.82, 2.24) is 15.0 Å². The third-order valence-corrected chi connectivity index (χ3v) is 4.32. The Hall–Kier alpha value is -3.47. The second-order valence-electron chi connectivity index (χ2n) is 5.98. The molecule has 4 rings (SSSR count). The van der Waals surface area contributed by atoms with Crippen molar-refractivity contribution < 1.29 is 4.79 Å². The van der Waals surface area contributed by atoms with Crippen molar-refractivity contribution in [1.29, 1.82) is 0 Å². The van der Waals surface area contributed by atoms with Gasteiger partial charge in [-0.25, -0.2) is 5.43 Å². The highest BCUT2D eigenvalue weighted by molar-refractivity contribution is 6.08. The molecule has 2 heterocycles. The number of nitrogens with one attached hydrogen (secondary N) is 1. The smallest absolute Gasteiger partial charge is 0.241 e. The topological polar surface area (TPSA) is 59.3 Å². The number of para-hydroxylation sites is 2. The van der Waals surface area contributed by atoms with E-state index in [2.05, 4.69) is 44.3 Å². The molecule has 2 aromatic heterocycles. The van der Waals surface area contributed by atoms with E-state index >= 15 is 0 Å². The molecule has 26 heavy (non-hydrogen) atoms. The first-order valence-electron chi connectivity index (χ1n) is 8.52. The van der Waals surface area contributed by atoms with Crippen LogP contribution >= 0.6 is 0 Å². The first kappa shape index (κ1) is 16.0. The van der Waals surface area contributed by atoms with Crippen LogP contribution in [0.5, 0.6) is 0 Å². The number of aromatic nitrogens is 2. The molecule has 0 spiro atoms. The normalized spacial score (nSPS) is 11.4. The van der Waals surface area contributed by atoms with E-state index in [-0.39, 0.29) is 5.91 Å². The van der Waals surface area contributed by atoms with Gasteiger partial charge in [0.05, 0.1) is 11.9 Å². The van der Waals surface area contributed by atoms with Crippen LogP contribution in [0.15, 0.2) is 78.0 Å². The lowest BCUT2D eigenvalue weighted by Gasteiger charge is -2.06. The first-order chi connectivity index (χ1) is 12.8. The molecule has 0 radical (unpaired) electrons. The quantitative estimate of drug-likeness (QED) is 0.444. The summed E-state index contributed by atoms with van der Waals surface area (Å²) in [5.41, 5.74) is 5.55. The SMILES string of the molecule is O=C(CCn1c2ccccc2c2ccccc21)N/N=C\c1ccccn1. The molecule has 1 N–H and O–H groups in total. The number of benzene rings is 2. The number of carbonyl (C=O) groups is 1. The fourth-order valence-corrected chi connectivity index (χ4v) is 3.14. The van der Waals surface area contributed by atoms with Crippen molar-refractivity contribution in [3.63, 3.8) is 0 Å². The number of hydrogen-bond acceptors (Lipinski definition) is 3. The number of pyridine rings is 1. The van der Waals surface area contributed by atoms with Crippen molar-refractivity contribution in [2.24, 2.45) is 5.10 Å². The fourth-order valence-electron chi connectivity index (χ4n) is 3.14. The van der Waals surface area contributed by atoms with Gasteiger partial charge in [-0.3, -0.25) is 9.78 Å². The minimum Gasteiger partial charge on any atom is -0.340 e. The van der Waals surface area contributed by atoms with Gasteiger partial charge in [0.1, 0.15) is 0 Å². The maximum absolute atomic E-state index is 12.1. The van der Waals surface area contributed by atoms with E-state index in [9.17, 15) is 4.79 Å². The number of hydrogen-bond donors (Lipinski definition) is 1. The number of nitrogens with zero attached hydrogens (tertiary/aromatic N) is 3. The number of hydrazone groups is 1. The van der Waals surface area contributed by atoms with Gasteiger partial charge in [0.25, 0.3) is 0 Å². The zero-order valence-corrected chi connectivity index (χ0v) is 14.2. The van der Waals surface area contributed by atoms with E-state index in [1.54, 1.807) is 12.4 Å². The van der Waals surface area contributed by atoms with Crippen molar-refractivity contribution in [3.8, 4) is 0 Å². The van der Waals surface area contributed by atoms with Crippen molar-refractivity contribution >= 4 is 33.9 Å². The Labute approximate surface area is 151 Å².